The topological polar surface area (TPSA) is 50.2 Å². The molecule has 7 heteroatoms. The zero-order valence-electron chi connectivity index (χ0n) is 9.65. The summed E-state index contributed by atoms with van der Waals surface area (Å²) in [4.78, 5) is 15.0. The number of aryl methyl sites for hydroxylation is 1. The fraction of sp³-hybridized carbons (Fsp3) is 0.167. The molecule has 0 spiro atoms. The van der Waals surface area contributed by atoms with E-state index in [1.54, 1.807) is 6.92 Å². The summed E-state index contributed by atoms with van der Waals surface area (Å²) in [6, 6.07) is 4.78. The summed E-state index contributed by atoms with van der Waals surface area (Å²) in [5.74, 6) is -1.07. The van der Waals surface area contributed by atoms with E-state index < -0.39 is 32.2 Å². The molecule has 19 heavy (non-hydrogen) atoms. The number of halogens is 3. The first-order chi connectivity index (χ1) is 8.79. The molecule has 0 bridgehead atoms. The monoisotopic (exact) mass is 335 g/mol. The van der Waals surface area contributed by atoms with Crippen molar-refractivity contribution in [3.05, 3.63) is 40.0 Å². The van der Waals surface area contributed by atoms with Gasteiger partial charge < -0.3 is 0 Å². The summed E-state index contributed by atoms with van der Waals surface area (Å²) in [5, 5.41) is 8.94. The quantitative estimate of drug-likeness (QED) is 0.860. The van der Waals surface area contributed by atoms with Gasteiger partial charge in [0.15, 0.2) is 0 Å². The first-order valence-corrected chi connectivity index (χ1v) is 6.88. The van der Waals surface area contributed by atoms with Crippen molar-refractivity contribution in [2.75, 3.05) is 0 Å². The Bertz CT molecular complexity index is 634. The minimum absolute atomic E-state index is 0.180. The van der Waals surface area contributed by atoms with Crippen molar-refractivity contribution < 1.29 is 23.1 Å². The molecule has 0 unspecified atom stereocenters. The Morgan fingerprint density at radius 3 is 2.58 bits per heavy atom. The van der Waals surface area contributed by atoms with Crippen molar-refractivity contribution in [1.29, 1.82) is 0 Å². The fourth-order valence-electron chi connectivity index (χ4n) is 1.55. The summed E-state index contributed by atoms with van der Waals surface area (Å²) in [7, 11) is 0. The Hall–Kier alpha value is -1.59. The number of carbonyl (C=O) groups is 1. The number of carboxylic acids is 1. The third-order valence-corrected chi connectivity index (χ3v) is 4.93. The van der Waals surface area contributed by atoms with Crippen LogP contribution < -0.4 is 0 Å². The summed E-state index contributed by atoms with van der Waals surface area (Å²) < 4.78 is 38.4. The second kappa shape index (κ2) is 4.83. The number of hydrogen-bond donors (Lipinski definition) is 1. The van der Waals surface area contributed by atoms with E-state index in [0.717, 1.165) is 12.1 Å². The minimum atomic E-state index is -4.42. The number of nitrogens with zero attached hydrogens (tertiary/aromatic N) is 1. The second-order valence-corrected chi connectivity index (χ2v) is 5.91. The Balaban J connectivity index is 2.48. The molecule has 0 saturated carbocycles. The van der Waals surface area contributed by atoms with Gasteiger partial charge in [0.1, 0.15) is 0 Å². The fourth-order valence-corrected chi connectivity index (χ4v) is 3.44. The Labute approximate surface area is 112 Å². The standard InChI is InChI=1S/C12H8F3NO2Se/c1-6-9(11(17)18)19-10(16-6)7-3-2-4-8(5-7)12(13,14)15/h2-5H,1H3,(H,17,18). The molecule has 3 nitrogen and oxygen atoms in total. The SMILES string of the molecule is Cc1nc(-c2cccc(C(F)(F)F)c2)[se]c1C(=O)O. The zero-order chi connectivity index (χ0) is 14.2. The first-order valence-electron chi connectivity index (χ1n) is 5.17. The number of benzene rings is 1. The molecule has 2 aromatic rings. The summed E-state index contributed by atoms with van der Waals surface area (Å²) in [5.41, 5.74) is -0.0738. The van der Waals surface area contributed by atoms with Crippen LogP contribution in [0.15, 0.2) is 24.3 Å². The zero-order valence-corrected chi connectivity index (χ0v) is 11.4. The molecule has 1 aromatic heterocycles. The second-order valence-electron chi connectivity index (χ2n) is 3.82. The molecular weight excluding hydrogens is 326 g/mol. The molecule has 0 aliphatic rings. The van der Waals surface area contributed by atoms with Gasteiger partial charge in [0.05, 0.1) is 0 Å². The molecule has 0 aliphatic heterocycles. The summed E-state index contributed by atoms with van der Waals surface area (Å²) in [6.07, 6.45) is -4.42. The number of aromatic carboxylic acids is 1. The predicted molar refractivity (Wildman–Crippen MR) is 63.3 cm³/mol. The molecule has 1 heterocycles. The molecule has 0 fully saturated rings. The van der Waals surface area contributed by atoms with Crippen LogP contribution in [-0.2, 0) is 6.18 Å². The van der Waals surface area contributed by atoms with Crippen LogP contribution in [0.25, 0.3) is 10.1 Å². The van der Waals surface area contributed by atoms with Crippen molar-refractivity contribution >= 4 is 20.5 Å². The van der Waals surface area contributed by atoms with E-state index in [4.69, 9.17) is 5.11 Å². The Morgan fingerprint density at radius 1 is 1.37 bits per heavy atom. The third kappa shape index (κ3) is 2.88. The van der Waals surface area contributed by atoms with Gasteiger partial charge in [0, 0.05) is 0 Å². The average molecular weight is 334 g/mol. The van der Waals surface area contributed by atoms with Crippen LogP contribution in [0.5, 0.6) is 0 Å². The van der Waals surface area contributed by atoms with E-state index in [0.29, 0.717) is 15.8 Å². The summed E-state index contributed by atoms with van der Waals surface area (Å²) >= 11 is -0.569. The van der Waals surface area contributed by atoms with Gasteiger partial charge in [-0.1, -0.05) is 0 Å². The van der Waals surface area contributed by atoms with E-state index >= 15 is 0 Å². The van der Waals surface area contributed by atoms with Gasteiger partial charge >= 0.3 is 112 Å². The van der Waals surface area contributed by atoms with Crippen LogP contribution in [-0.4, -0.2) is 30.6 Å². The van der Waals surface area contributed by atoms with Crippen LogP contribution in [0.3, 0.4) is 0 Å². The molecular formula is C12H8F3NO2Se. The molecule has 1 aromatic carbocycles. The van der Waals surface area contributed by atoms with Gasteiger partial charge in [0.25, 0.3) is 0 Å². The number of alkyl halides is 3. The van der Waals surface area contributed by atoms with Crippen molar-refractivity contribution in [2.24, 2.45) is 0 Å². The van der Waals surface area contributed by atoms with E-state index in [1.807, 2.05) is 0 Å². The average Bonchev–Trinajstić information content (AvgIpc) is 2.70. The molecule has 0 aliphatic carbocycles. The van der Waals surface area contributed by atoms with Crippen LogP contribution in [0.1, 0.15) is 20.5 Å². The normalized spacial score (nSPS) is 11.6. The van der Waals surface area contributed by atoms with Crippen LogP contribution in [0, 0.1) is 6.92 Å². The number of carboxylic acid groups (broad SMARTS) is 1. The van der Waals surface area contributed by atoms with Gasteiger partial charge in [0.2, 0.25) is 0 Å². The van der Waals surface area contributed by atoms with Crippen LogP contribution in [0.2, 0.25) is 0 Å². The Kier molecular flexibility index (Phi) is 3.51. The van der Waals surface area contributed by atoms with Crippen molar-refractivity contribution in [1.82, 2.24) is 4.98 Å². The summed E-state index contributed by atoms with van der Waals surface area (Å²) in [6.45, 7) is 1.55. The van der Waals surface area contributed by atoms with Crippen LogP contribution in [0.4, 0.5) is 13.2 Å². The molecule has 0 atom stereocenters. The molecule has 0 saturated heterocycles. The number of aromatic nitrogens is 1. The Morgan fingerprint density at radius 2 is 2.05 bits per heavy atom. The van der Waals surface area contributed by atoms with Crippen LogP contribution >= 0.6 is 0 Å². The van der Waals surface area contributed by atoms with E-state index in [-0.39, 0.29) is 4.44 Å². The molecule has 1 N–H and O–H groups in total. The number of hydrogen-bond acceptors (Lipinski definition) is 2. The van der Waals surface area contributed by atoms with E-state index in [2.05, 4.69) is 4.98 Å². The number of rotatable bonds is 2. The van der Waals surface area contributed by atoms with E-state index in [9.17, 15) is 18.0 Å². The van der Waals surface area contributed by atoms with Gasteiger partial charge in [-0.15, -0.1) is 0 Å². The first kappa shape index (κ1) is 13.8. The molecule has 2 rings (SSSR count). The maximum atomic E-state index is 12.6. The molecule has 0 radical (unpaired) electrons. The van der Waals surface area contributed by atoms with Crippen molar-refractivity contribution in [3.63, 3.8) is 0 Å². The van der Waals surface area contributed by atoms with Gasteiger partial charge in [-0.05, 0) is 0 Å². The van der Waals surface area contributed by atoms with Crippen molar-refractivity contribution in [3.8, 4) is 10.1 Å². The molecule has 0 amide bonds. The molecule has 100 valence electrons. The van der Waals surface area contributed by atoms with Crippen molar-refractivity contribution in [2.45, 2.75) is 13.1 Å². The van der Waals surface area contributed by atoms with Gasteiger partial charge in [-0.25, -0.2) is 0 Å². The van der Waals surface area contributed by atoms with E-state index in [1.165, 1.54) is 12.1 Å². The predicted octanol–water partition coefficient (Wildman–Crippen LogP) is 2.83. The van der Waals surface area contributed by atoms with Gasteiger partial charge in [-0.3, -0.25) is 0 Å². The van der Waals surface area contributed by atoms with Gasteiger partial charge in [-0.2, -0.15) is 0 Å². The maximum absolute atomic E-state index is 12.6. The third-order valence-electron chi connectivity index (χ3n) is 2.43.